The Morgan fingerprint density at radius 2 is 1.17 bits per heavy atom. The summed E-state index contributed by atoms with van der Waals surface area (Å²) in [4.78, 5) is 25.0. The lowest BCUT2D eigenvalue weighted by Crippen LogP contribution is -2.37. The number of carbonyl (C=O) groups excluding carboxylic acids is 1. The van der Waals surface area contributed by atoms with E-state index in [2.05, 4.69) is 49.5 Å². The van der Waals surface area contributed by atoms with Crippen LogP contribution in [0.25, 0.3) is 0 Å². The molecule has 3 unspecified atom stereocenters. The van der Waals surface area contributed by atoms with E-state index in [0.29, 0.717) is 17.4 Å². The number of rotatable bonds is 40. The van der Waals surface area contributed by atoms with Gasteiger partial charge in [-0.05, 0) is 57.4 Å². The topological polar surface area (TPSA) is 114 Å². The van der Waals surface area contributed by atoms with E-state index >= 15 is 0 Å². The number of esters is 1. The molecular weight excluding hydrogens is 750 g/mol. The van der Waals surface area contributed by atoms with Gasteiger partial charge < -0.3 is 33.0 Å². The quantitative estimate of drug-likeness (QED) is 0.0123. The van der Waals surface area contributed by atoms with Crippen LogP contribution in [0.15, 0.2) is 85.3 Å². The second-order valence-corrected chi connectivity index (χ2v) is 17.4. The maximum absolute atomic E-state index is 12.6. The number of phosphoric acid groups is 1. The second kappa shape index (κ2) is 39.9. The number of nitrogens with zero attached hydrogens (tertiary/aromatic N) is 1. The van der Waals surface area contributed by atoms with Crippen molar-refractivity contribution < 1.29 is 42.4 Å². The maximum atomic E-state index is 12.6. The van der Waals surface area contributed by atoms with Crippen LogP contribution in [0.3, 0.4) is 0 Å². The molecule has 0 aromatic carbocycles. The lowest BCUT2D eigenvalue weighted by Gasteiger charge is -2.28. The van der Waals surface area contributed by atoms with E-state index in [1.165, 1.54) is 83.5 Å². The van der Waals surface area contributed by atoms with E-state index in [1.54, 1.807) is 12.3 Å². The normalized spacial score (nSPS) is 15.0. The number of quaternary nitrogens is 1. The molecular formula is C48H84NO8P. The van der Waals surface area contributed by atoms with E-state index in [0.717, 1.165) is 44.9 Å². The minimum absolute atomic E-state index is 0.00644. The van der Waals surface area contributed by atoms with Crippen molar-refractivity contribution in [3.05, 3.63) is 85.3 Å². The molecule has 0 spiro atoms. The highest BCUT2D eigenvalue weighted by Crippen LogP contribution is 2.38. The summed E-state index contributed by atoms with van der Waals surface area (Å²) in [7, 11) is 1.25. The zero-order valence-electron chi connectivity index (χ0n) is 37.3. The maximum Gasteiger partial charge on any atom is 0.306 e. The zero-order valence-corrected chi connectivity index (χ0v) is 38.2. The molecule has 1 N–H and O–H groups in total. The molecule has 0 aromatic rings. The molecule has 0 amide bonds. The van der Waals surface area contributed by atoms with Crippen molar-refractivity contribution in [3.8, 4) is 0 Å². The van der Waals surface area contributed by atoms with Crippen molar-refractivity contribution in [2.75, 3.05) is 47.5 Å². The molecule has 0 heterocycles. The highest BCUT2D eigenvalue weighted by molar-refractivity contribution is 7.45. The van der Waals surface area contributed by atoms with Gasteiger partial charge in [0, 0.05) is 6.42 Å². The molecule has 0 aliphatic carbocycles. The van der Waals surface area contributed by atoms with Gasteiger partial charge in [0.2, 0.25) is 0 Å². The fraction of sp³-hybridized carbons (Fsp3) is 0.688. The van der Waals surface area contributed by atoms with Crippen molar-refractivity contribution in [1.82, 2.24) is 0 Å². The highest BCUT2D eigenvalue weighted by atomic mass is 31.2. The van der Waals surface area contributed by atoms with Crippen LogP contribution in [0.4, 0.5) is 0 Å². The molecule has 0 rings (SSSR count). The average molecular weight is 834 g/mol. The number of phosphoric ester groups is 1. The fourth-order valence-corrected chi connectivity index (χ4v) is 6.28. The first kappa shape index (κ1) is 55.5. The Bertz CT molecular complexity index is 1220. The SMILES string of the molecule is CCCCCCCCCCCCCCCC/C=C\OCC(COP(=O)([O-])OCC[N+](C)(C)C)OC(=O)CC/C=C\C/C=C\C/C=C\C/C=C\C/C=C\C=C\C(O)CC. The standard InChI is InChI=1S/C48H84NO8P/c1-6-8-9-10-11-12-13-14-15-20-23-26-29-32-35-38-42-54-44-47(45-56-58(52,53)55-43-41-49(3,4)5)57-48(51)40-37-34-31-28-25-22-19-17-16-18-21-24-27-30-33-36-39-46(50)7-2/h16-17,21-22,24-25,30-31,33-34,36,38-39,42,46-47,50H,6-15,18-20,23,26-29,32,35,37,40-41,43-45H2,1-5H3/b17-16-,24-21-,25-22-,33-30-,34-31-,39-36+,42-38-. The van der Waals surface area contributed by atoms with E-state index in [-0.39, 0.29) is 32.3 Å². The summed E-state index contributed by atoms with van der Waals surface area (Å²) in [6, 6.07) is 0. The van der Waals surface area contributed by atoms with Crippen molar-refractivity contribution in [3.63, 3.8) is 0 Å². The van der Waals surface area contributed by atoms with Crippen LogP contribution >= 0.6 is 7.82 Å². The first-order valence-corrected chi connectivity index (χ1v) is 23.9. The number of carbonyl (C=O) groups is 1. The molecule has 58 heavy (non-hydrogen) atoms. The number of ether oxygens (including phenoxy) is 2. The Labute approximate surface area is 355 Å². The Balaban J connectivity index is 4.44. The van der Waals surface area contributed by atoms with Gasteiger partial charge in [-0.2, -0.15) is 0 Å². The third-order valence-corrected chi connectivity index (χ3v) is 10.2. The summed E-state index contributed by atoms with van der Waals surface area (Å²) in [6.45, 7) is 4.30. The lowest BCUT2D eigenvalue weighted by atomic mass is 10.0. The lowest BCUT2D eigenvalue weighted by molar-refractivity contribution is -0.870. The number of allylic oxidation sites excluding steroid dienone is 12. The van der Waals surface area contributed by atoms with Gasteiger partial charge in [-0.25, -0.2) is 0 Å². The van der Waals surface area contributed by atoms with Gasteiger partial charge >= 0.3 is 5.97 Å². The monoisotopic (exact) mass is 834 g/mol. The molecule has 0 saturated heterocycles. The summed E-state index contributed by atoms with van der Waals surface area (Å²) in [6.07, 6.45) is 50.8. The molecule has 3 atom stereocenters. The van der Waals surface area contributed by atoms with Gasteiger partial charge in [0.25, 0.3) is 7.82 Å². The van der Waals surface area contributed by atoms with E-state index in [4.69, 9.17) is 18.5 Å². The van der Waals surface area contributed by atoms with Gasteiger partial charge in [0.05, 0.1) is 40.1 Å². The summed E-state index contributed by atoms with van der Waals surface area (Å²) in [5.74, 6) is -0.450. The van der Waals surface area contributed by atoms with Gasteiger partial charge in [-0.1, -0.05) is 170 Å². The smallest absolute Gasteiger partial charge is 0.306 e. The number of likely N-dealkylation sites (N-methyl/N-ethyl adjacent to an activating group) is 1. The Kier molecular flexibility index (Phi) is 38.2. The van der Waals surface area contributed by atoms with Crippen LogP contribution in [0, 0.1) is 0 Å². The molecule has 0 aliphatic heterocycles. The van der Waals surface area contributed by atoms with E-state index < -0.39 is 19.9 Å². The first-order valence-electron chi connectivity index (χ1n) is 22.5. The van der Waals surface area contributed by atoms with E-state index in [1.807, 2.05) is 58.4 Å². The summed E-state index contributed by atoms with van der Waals surface area (Å²) in [5, 5.41) is 9.48. The van der Waals surface area contributed by atoms with Crippen LogP contribution in [-0.4, -0.2) is 75.3 Å². The molecule has 0 aromatic heterocycles. The van der Waals surface area contributed by atoms with Crippen molar-refractivity contribution in [1.29, 1.82) is 0 Å². The third kappa shape index (κ3) is 43.1. The number of hydrogen-bond acceptors (Lipinski definition) is 8. The summed E-state index contributed by atoms with van der Waals surface area (Å²) < 4.78 is 34.2. The van der Waals surface area contributed by atoms with Crippen LogP contribution in [0.1, 0.15) is 155 Å². The molecule has 0 radical (unpaired) electrons. The predicted molar refractivity (Wildman–Crippen MR) is 241 cm³/mol. The number of aliphatic hydroxyl groups excluding tert-OH is 1. The van der Waals surface area contributed by atoms with Gasteiger partial charge in [0.1, 0.15) is 19.8 Å². The molecule has 334 valence electrons. The molecule has 0 saturated carbocycles. The van der Waals surface area contributed by atoms with Gasteiger partial charge in [-0.15, -0.1) is 0 Å². The van der Waals surface area contributed by atoms with Crippen LogP contribution in [0.2, 0.25) is 0 Å². The van der Waals surface area contributed by atoms with Crippen molar-refractivity contribution >= 4 is 13.8 Å². The van der Waals surface area contributed by atoms with Gasteiger partial charge in [0.15, 0.2) is 6.10 Å². The average Bonchev–Trinajstić information content (AvgIpc) is 3.18. The molecule has 9 nitrogen and oxygen atoms in total. The van der Waals surface area contributed by atoms with Crippen molar-refractivity contribution in [2.45, 2.75) is 167 Å². The van der Waals surface area contributed by atoms with Crippen molar-refractivity contribution in [2.24, 2.45) is 0 Å². The third-order valence-electron chi connectivity index (χ3n) is 9.20. The molecule has 0 aliphatic rings. The largest absolute Gasteiger partial charge is 0.756 e. The van der Waals surface area contributed by atoms with Crippen LogP contribution in [-0.2, 0) is 27.9 Å². The number of aliphatic hydroxyl groups is 1. The summed E-state index contributed by atoms with van der Waals surface area (Å²) >= 11 is 0. The summed E-state index contributed by atoms with van der Waals surface area (Å²) in [5.41, 5.74) is 0. The molecule has 10 heteroatoms. The van der Waals surface area contributed by atoms with Crippen LogP contribution < -0.4 is 4.89 Å². The Hall–Kier alpha value is -2.52. The van der Waals surface area contributed by atoms with Crippen LogP contribution in [0.5, 0.6) is 0 Å². The second-order valence-electron chi connectivity index (χ2n) is 15.9. The highest BCUT2D eigenvalue weighted by Gasteiger charge is 2.20. The van der Waals surface area contributed by atoms with E-state index in [9.17, 15) is 19.4 Å². The molecule has 0 fully saturated rings. The first-order chi connectivity index (χ1) is 28.0. The minimum atomic E-state index is -4.57. The van der Waals surface area contributed by atoms with Gasteiger partial charge in [-0.3, -0.25) is 9.36 Å². The zero-order chi connectivity index (χ0) is 42.8. The predicted octanol–water partition coefficient (Wildman–Crippen LogP) is 12.0. The Morgan fingerprint density at radius 1 is 0.655 bits per heavy atom. The Morgan fingerprint density at radius 3 is 1.71 bits per heavy atom. The number of hydrogen-bond donors (Lipinski definition) is 1. The fourth-order valence-electron chi connectivity index (χ4n) is 5.55. The number of unbranched alkanes of at least 4 members (excludes halogenated alkanes) is 14. The molecule has 0 bridgehead atoms. The minimum Gasteiger partial charge on any atom is -0.756 e.